The lowest BCUT2D eigenvalue weighted by Gasteiger charge is -2.26. The van der Waals surface area contributed by atoms with E-state index in [0.29, 0.717) is 18.5 Å². The topological polar surface area (TPSA) is 134 Å². The summed E-state index contributed by atoms with van der Waals surface area (Å²) in [5.41, 5.74) is 2.22. The van der Waals surface area contributed by atoms with E-state index in [-0.39, 0.29) is 19.0 Å². The van der Waals surface area contributed by atoms with Gasteiger partial charge in [0.25, 0.3) is 5.91 Å². The highest BCUT2D eigenvalue weighted by molar-refractivity contribution is 6.02. The largest absolute Gasteiger partial charge is 0.437 e. The van der Waals surface area contributed by atoms with Gasteiger partial charge in [0.2, 0.25) is 12.1 Å². The molecule has 2 aromatic rings. The van der Waals surface area contributed by atoms with Crippen molar-refractivity contribution in [1.82, 2.24) is 15.1 Å². The Bertz CT molecular complexity index is 1110. The Labute approximate surface area is 203 Å². The van der Waals surface area contributed by atoms with Crippen LogP contribution in [0.1, 0.15) is 36.3 Å². The fraction of sp³-hybridized carbons (Fsp3) is 0.240. The zero-order valence-electron chi connectivity index (χ0n) is 19.3. The number of hydrogen-bond acceptors (Lipinski definition) is 7. The minimum Gasteiger partial charge on any atom is -0.437 e. The Kier molecular flexibility index (Phi) is 8.71. The minimum absolute atomic E-state index is 0.123. The van der Waals surface area contributed by atoms with Crippen LogP contribution in [-0.2, 0) is 19.1 Å². The van der Waals surface area contributed by atoms with Crippen molar-refractivity contribution in [2.45, 2.75) is 19.6 Å². The van der Waals surface area contributed by atoms with Gasteiger partial charge in [0.05, 0.1) is 6.21 Å². The number of benzene rings is 2. The number of ether oxygens (including phenoxy) is 1. The standard InChI is InChI=1S/C25H27N5O5/c1-18(31)35-24(21-6-3-2-4-7-21)30-23(33)17-29(25(30)34)15-5-14-27-22(32)13-12-19-8-10-20(11-9-19)16-28-26/h2-4,6-13,16,24H,5,14-15,17,26H2,1H3,(H,27,32). The van der Waals surface area contributed by atoms with Gasteiger partial charge in [0.1, 0.15) is 6.54 Å². The van der Waals surface area contributed by atoms with Crippen LogP contribution >= 0.6 is 0 Å². The molecule has 1 atom stereocenters. The zero-order chi connectivity index (χ0) is 25.2. The van der Waals surface area contributed by atoms with E-state index in [1.807, 2.05) is 24.3 Å². The first-order chi connectivity index (χ1) is 16.9. The highest BCUT2D eigenvalue weighted by atomic mass is 16.6. The third kappa shape index (κ3) is 7.00. The second-order valence-electron chi connectivity index (χ2n) is 7.76. The predicted octanol–water partition coefficient (Wildman–Crippen LogP) is 2.02. The molecule has 1 heterocycles. The van der Waals surface area contributed by atoms with E-state index in [0.717, 1.165) is 16.0 Å². The molecule has 1 fully saturated rings. The zero-order valence-corrected chi connectivity index (χ0v) is 19.3. The molecule has 2 aromatic carbocycles. The SMILES string of the molecule is CC(=O)OC(c1ccccc1)N1C(=O)CN(CCCNC(=O)C=Cc2ccc(C=NN)cc2)C1=O. The number of nitrogens with one attached hydrogen (secondary N) is 1. The highest BCUT2D eigenvalue weighted by Gasteiger charge is 2.42. The number of urea groups is 1. The number of nitrogens with zero attached hydrogens (tertiary/aromatic N) is 3. The molecule has 10 heteroatoms. The van der Waals surface area contributed by atoms with Crippen molar-refractivity contribution >= 4 is 36.1 Å². The quantitative estimate of drug-likeness (QED) is 0.102. The molecule has 0 aliphatic carbocycles. The number of carbonyl (C=O) groups excluding carboxylic acids is 4. The van der Waals surface area contributed by atoms with Crippen LogP contribution in [0.2, 0.25) is 0 Å². The van der Waals surface area contributed by atoms with Crippen molar-refractivity contribution in [2.75, 3.05) is 19.6 Å². The smallest absolute Gasteiger partial charge is 0.330 e. The van der Waals surface area contributed by atoms with Gasteiger partial charge in [-0.2, -0.15) is 5.10 Å². The fourth-order valence-electron chi connectivity index (χ4n) is 3.51. The van der Waals surface area contributed by atoms with E-state index in [2.05, 4.69) is 10.4 Å². The lowest BCUT2D eigenvalue weighted by Crippen LogP contribution is -2.38. The predicted molar refractivity (Wildman–Crippen MR) is 130 cm³/mol. The van der Waals surface area contributed by atoms with Gasteiger partial charge >= 0.3 is 12.0 Å². The summed E-state index contributed by atoms with van der Waals surface area (Å²) in [6, 6.07) is 15.4. The van der Waals surface area contributed by atoms with E-state index >= 15 is 0 Å². The molecule has 182 valence electrons. The highest BCUT2D eigenvalue weighted by Crippen LogP contribution is 2.27. The van der Waals surface area contributed by atoms with Crippen molar-refractivity contribution in [1.29, 1.82) is 0 Å². The number of rotatable bonds is 10. The first-order valence-electron chi connectivity index (χ1n) is 11.0. The average molecular weight is 478 g/mol. The molecule has 1 unspecified atom stereocenters. The maximum Gasteiger partial charge on any atom is 0.330 e. The molecule has 4 amide bonds. The number of imide groups is 1. The van der Waals surface area contributed by atoms with Gasteiger partial charge in [-0.3, -0.25) is 14.4 Å². The van der Waals surface area contributed by atoms with Gasteiger partial charge in [-0.15, -0.1) is 0 Å². The van der Waals surface area contributed by atoms with Gasteiger partial charge in [-0.05, 0) is 23.6 Å². The van der Waals surface area contributed by atoms with E-state index in [9.17, 15) is 19.2 Å². The lowest BCUT2D eigenvalue weighted by atomic mass is 10.1. The van der Waals surface area contributed by atoms with Crippen molar-refractivity contribution in [3.05, 3.63) is 77.4 Å². The van der Waals surface area contributed by atoms with Crippen LogP contribution in [0.25, 0.3) is 6.08 Å². The number of esters is 1. The molecule has 1 aliphatic heterocycles. The first-order valence-corrected chi connectivity index (χ1v) is 11.0. The normalized spacial score (nSPS) is 14.7. The summed E-state index contributed by atoms with van der Waals surface area (Å²) in [5.74, 6) is 3.78. The second-order valence-corrected chi connectivity index (χ2v) is 7.76. The third-order valence-electron chi connectivity index (χ3n) is 5.16. The molecule has 10 nitrogen and oxygen atoms in total. The van der Waals surface area contributed by atoms with Crippen LogP contribution < -0.4 is 11.2 Å². The van der Waals surface area contributed by atoms with Crippen LogP contribution in [0.5, 0.6) is 0 Å². The summed E-state index contributed by atoms with van der Waals surface area (Å²) in [4.78, 5) is 51.5. The van der Waals surface area contributed by atoms with Gasteiger partial charge in [0, 0.05) is 31.7 Å². The number of carbonyl (C=O) groups is 4. The molecule has 0 aromatic heterocycles. The lowest BCUT2D eigenvalue weighted by molar-refractivity contribution is -0.157. The molecule has 1 saturated heterocycles. The van der Waals surface area contributed by atoms with E-state index in [1.54, 1.807) is 36.4 Å². The van der Waals surface area contributed by atoms with Crippen molar-refractivity contribution in [2.24, 2.45) is 10.9 Å². The summed E-state index contributed by atoms with van der Waals surface area (Å²) in [6.45, 7) is 1.68. The van der Waals surface area contributed by atoms with Crippen molar-refractivity contribution in [3.8, 4) is 0 Å². The summed E-state index contributed by atoms with van der Waals surface area (Å²) in [6.07, 6.45) is 3.94. The first kappa shape index (κ1) is 25.2. The van der Waals surface area contributed by atoms with Gasteiger partial charge in [0.15, 0.2) is 0 Å². The number of hydrogen-bond donors (Lipinski definition) is 2. The maximum atomic E-state index is 12.9. The monoisotopic (exact) mass is 477 g/mol. The second kappa shape index (κ2) is 12.1. The van der Waals surface area contributed by atoms with Crippen molar-refractivity contribution < 1.29 is 23.9 Å². The molecule has 3 rings (SSSR count). The molecular formula is C25H27N5O5. The summed E-state index contributed by atoms with van der Waals surface area (Å²) in [7, 11) is 0. The minimum atomic E-state index is -1.12. The summed E-state index contributed by atoms with van der Waals surface area (Å²) in [5, 5.41) is 6.21. The van der Waals surface area contributed by atoms with Crippen molar-refractivity contribution in [3.63, 3.8) is 0 Å². The Morgan fingerprint density at radius 3 is 2.46 bits per heavy atom. The maximum absolute atomic E-state index is 12.9. The average Bonchev–Trinajstić information content (AvgIpc) is 3.13. The molecule has 0 spiro atoms. The van der Waals surface area contributed by atoms with Gasteiger partial charge in [-0.1, -0.05) is 54.6 Å². The number of hydrazone groups is 1. The molecule has 3 N–H and O–H groups in total. The molecule has 0 bridgehead atoms. The van der Waals surface area contributed by atoms with Gasteiger partial charge < -0.3 is 20.8 Å². The van der Waals surface area contributed by atoms with Crippen LogP contribution in [0.3, 0.4) is 0 Å². The fourth-order valence-corrected chi connectivity index (χ4v) is 3.51. The van der Waals surface area contributed by atoms with E-state index in [4.69, 9.17) is 10.6 Å². The molecule has 35 heavy (non-hydrogen) atoms. The molecular weight excluding hydrogens is 450 g/mol. The third-order valence-corrected chi connectivity index (χ3v) is 5.16. The van der Waals surface area contributed by atoms with Gasteiger partial charge in [-0.25, -0.2) is 9.69 Å². The van der Waals surface area contributed by atoms with Crippen LogP contribution in [0.4, 0.5) is 4.79 Å². The number of amides is 4. The molecule has 0 saturated carbocycles. The Morgan fingerprint density at radius 2 is 1.80 bits per heavy atom. The van der Waals surface area contributed by atoms with Crippen LogP contribution in [0, 0.1) is 0 Å². The van der Waals surface area contributed by atoms with E-state index in [1.165, 1.54) is 24.1 Å². The Morgan fingerprint density at radius 1 is 1.11 bits per heavy atom. The van der Waals surface area contributed by atoms with Crippen LogP contribution in [0.15, 0.2) is 65.8 Å². The summed E-state index contributed by atoms with van der Waals surface area (Å²) >= 11 is 0. The Hall–Kier alpha value is -4.47. The molecule has 1 aliphatic rings. The molecule has 0 radical (unpaired) electrons. The number of nitrogens with two attached hydrogens (primary N) is 1. The Balaban J connectivity index is 1.49. The van der Waals surface area contributed by atoms with Crippen LogP contribution in [-0.4, -0.2) is 59.5 Å². The summed E-state index contributed by atoms with van der Waals surface area (Å²) < 4.78 is 5.29. The van der Waals surface area contributed by atoms with E-state index < -0.39 is 24.1 Å².